The molecule has 1 heterocycles. The van der Waals surface area contributed by atoms with Gasteiger partial charge in [-0.15, -0.1) is 0 Å². The van der Waals surface area contributed by atoms with Crippen molar-refractivity contribution in [3.05, 3.63) is 47.5 Å². The molecule has 160 valence electrons. The first-order chi connectivity index (χ1) is 14.2. The van der Waals surface area contributed by atoms with Crippen LogP contribution in [0.15, 0.2) is 46.9 Å². The molecule has 8 heteroatoms. The third kappa shape index (κ3) is 6.50. The quantitative estimate of drug-likeness (QED) is 0.358. The van der Waals surface area contributed by atoms with Crippen molar-refractivity contribution in [2.24, 2.45) is 5.92 Å². The Labute approximate surface area is 181 Å². The van der Waals surface area contributed by atoms with E-state index in [2.05, 4.69) is 24.6 Å². The number of rotatable bonds is 10. The van der Waals surface area contributed by atoms with Crippen LogP contribution in [-0.2, 0) is 4.79 Å². The number of aliphatic carboxylic acids is 1. The molecule has 1 unspecified atom stereocenters. The molecule has 0 aliphatic carbocycles. The van der Waals surface area contributed by atoms with Gasteiger partial charge in [-0.05, 0) is 42.8 Å². The second-order valence-electron chi connectivity index (χ2n) is 8.46. The Balaban J connectivity index is 1.54. The van der Waals surface area contributed by atoms with E-state index in [9.17, 15) is 9.90 Å². The molecule has 1 N–H and O–H groups in total. The van der Waals surface area contributed by atoms with Crippen molar-refractivity contribution in [3.63, 3.8) is 0 Å². The van der Waals surface area contributed by atoms with Gasteiger partial charge in [0.1, 0.15) is 23.6 Å². The molecule has 1 aromatic heterocycles. The fraction of sp³-hybridized carbons (Fsp3) is 0.364. The van der Waals surface area contributed by atoms with E-state index in [4.69, 9.17) is 25.5 Å². The van der Waals surface area contributed by atoms with Crippen LogP contribution in [0.4, 0.5) is 0 Å². The van der Waals surface area contributed by atoms with E-state index in [1.54, 1.807) is 42.5 Å². The number of carbonyl (C=O) groups is 1. The lowest BCUT2D eigenvalue weighted by molar-refractivity contribution is -0.143. The third-order valence-electron chi connectivity index (χ3n) is 4.64. The molecule has 0 saturated carbocycles. The van der Waals surface area contributed by atoms with Crippen LogP contribution in [0.5, 0.6) is 17.6 Å². The van der Waals surface area contributed by atoms with Gasteiger partial charge in [-0.3, -0.25) is 4.79 Å². The summed E-state index contributed by atoms with van der Waals surface area (Å²) in [7, 11) is -1.17. The van der Waals surface area contributed by atoms with E-state index >= 15 is 0 Å². The minimum Gasteiger partial charge on any atom is -0.493 e. The Bertz CT molecular complexity index is 997. The van der Waals surface area contributed by atoms with Gasteiger partial charge in [-0.1, -0.05) is 43.7 Å². The van der Waals surface area contributed by atoms with Crippen LogP contribution in [0, 0.1) is 5.92 Å². The SMILES string of the molecule is C[Si](C)(C)CCCC(COc1ccc(Oc2nc3ccc(Cl)cc3o2)cc1)C(=O)O. The fourth-order valence-corrected chi connectivity index (χ4v) is 4.41. The Morgan fingerprint density at radius 3 is 2.53 bits per heavy atom. The first-order valence-electron chi connectivity index (χ1n) is 9.89. The van der Waals surface area contributed by atoms with Crippen LogP contribution < -0.4 is 9.47 Å². The Kier molecular flexibility index (Phi) is 7.05. The monoisotopic (exact) mass is 447 g/mol. The standard InChI is InChI=1S/C22H26ClNO5Si/c1-30(2,3)12-4-5-15(21(25)26)14-27-17-7-9-18(10-8-17)28-22-24-19-11-6-16(23)13-20(19)29-22/h6-11,13,15H,4-5,12,14H2,1-3H3,(H,25,26). The minimum atomic E-state index is -1.17. The zero-order valence-electron chi connectivity index (χ0n) is 17.4. The number of nitrogens with zero attached hydrogens (tertiary/aromatic N) is 1. The lowest BCUT2D eigenvalue weighted by atomic mass is 10.1. The normalized spacial score (nSPS) is 12.7. The van der Waals surface area contributed by atoms with Crippen molar-refractivity contribution in [2.45, 2.75) is 38.5 Å². The number of ether oxygens (including phenoxy) is 2. The number of oxazole rings is 1. The van der Waals surface area contributed by atoms with Gasteiger partial charge in [0, 0.05) is 19.2 Å². The molecule has 0 radical (unpaired) electrons. The summed E-state index contributed by atoms with van der Waals surface area (Å²) >= 11 is 5.95. The summed E-state index contributed by atoms with van der Waals surface area (Å²) in [6, 6.07) is 13.2. The molecule has 0 aliphatic rings. The minimum absolute atomic E-state index is 0.120. The van der Waals surface area contributed by atoms with Crippen molar-refractivity contribution in [3.8, 4) is 17.6 Å². The number of aromatic nitrogens is 1. The molecule has 0 saturated heterocycles. The predicted octanol–water partition coefficient (Wildman–Crippen LogP) is 6.47. The summed E-state index contributed by atoms with van der Waals surface area (Å²) in [6.45, 7) is 7.02. The number of hydrogen-bond donors (Lipinski definition) is 1. The number of carboxylic acids is 1. The zero-order chi connectivity index (χ0) is 21.7. The largest absolute Gasteiger partial charge is 0.493 e. The van der Waals surface area contributed by atoms with Crippen LogP contribution in [0.3, 0.4) is 0 Å². The highest BCUT2D eigenvalue weighted by atomic mass is 35.5. The Morgan fingerprint density at radius 2 is 1.87 bits per heavy atom. The van der Waals surface area contributed by atoms with E-state index < -0.39 is 20.0 Å². The Morgan fingerprint density at radius 1 is 1.17 bits per heavy atom. The first kappa shape index (κ1) is 22.2. The fourth-order valence-electron chi connectivity index (χ4n) is 2.98. The lowest BCUT2D eigenvalue weighted by Crippen LogP contribution is -2.24. The smallest absolute Gasteiger partial charge is 0.400 e. The topological polar surface area (TPSA) is 81.8 Å². The van der Waals surface area contributed by atoms with Crippen LogP contribution in [0.25, 0.3) is 11.1 Å². The highest BCUT2D eigenvalue weighted by molar-refractivity contribution is 6.76. The van der Waals surface area contributed by atoms with E-state index in [0.29, 0.717) is 34.0 Å². The molecule has 0 amide bonds. The highest BCUT2D eigenvalue weighted by Crippen LogP contribution is 2.28. The summed E-state index contributed by atoms with van der Waals surface area (Å²) in [5, 5.41) is 10.0. The second kappa shape index (κ2) is 9.53. The van der Waals surface area contributed by atoms with Gasteiger partial charge < -0.3 is 19.0 Å². The van der Waals surface area contributed by atoms with Crippen molar-refractivity contribution >= 4 is 36.7 Å². The van der Waals surface area contributed by atoms with E-state index in [1.807, 2.05) is 0 Å². The number of hydrogen-bond acceptors (Lipinski definition) is 5. The summed E-state index contributed by atoms with van der Waals surface area (Å²) in [5.74, 6) is -0.210. The lowest BCUT2D eigenvalue weighted by Gasteiger charge is -2.18. The van der Waals surface area contributed by atoms with Crippen molar-refractivity contribution in [2.75, 3.05) is 6.61 Å². The number of benzene rings is 2. The van der Waals surface area contributed by atoms with Crippen LogP contribution in [0.1, 0.15) is 12.8 Å². The molecule has 0 aliphatic heterocycles. The summed E-state index contributed by atoms with van der Waals surface area (Å²) in [5.41, 5.74) is 1.20. The number of carboxylic acid groups (broad SMARTS) is 1. The average Bonchev–Trinajstić information content (AvgIpc) is 3.05. The zero-order valence-corrected chi connectivity index (χ0v) is 19.1. The molecule has 0 fully saturated rings. The number of halogens is 1. The molecule has 2 aromatic carbocycles. The van der Waals surface area contributed by atoms with Gasteiger partial charge in [-0.2, -0.15) is 4.98 Å². The Hall–Kier alpha value is -2.51. The van der Waals surface area contributed by atoms with Gasteiger partial charge in [0.15, 0.2) is 5.58 Å². The van der Waals surface area contributed by atoms with E-state index in [1.165, 1.54) is 0 Å². The van der Waals surface area contributed by atoms with Crippen molar-refractivity contribution in [1.29, 1.82) is 0 Å². The van der Waals surface area contributed by atoms with Crippen molar-refractivity contribution in [1.82, 2.24) is 4.98 Å². The predicted molar refractivity (Wildman–Crippen MR) is 120 cm³/mol. The van der Waals surface area contributed by atoms with E-state index in [-0.39, 0.29) is 12.7 Å². The van der Waals surface area contributed by atoms with Gasteiger partial charge in [0.05, 0.1) is 5.92 Å². The van der Waals surface area contributed by atoms with Gasteiger partial charge >= 0.3 is 12.0 Å². The average molecular weight is 448 g/mol. The second-order valence-corrected chi connectivity index (χ2v) is 14.5. The molecule has 6 nitrogen and oxygen atoms in total. The maximum absolute atomic E-state index is 11.5. The molecule has 0 spiro atoms. The van der Waals surface area contributed by atoms with E-state index in [0.717, 1.165) is 12.5 Å². The molecular weight excluding hydrogens is 422 g/mol. The molecule has 3 aromatic rings. The third-order valence-corrected chi connectivity index (χ3v) is 6.73. The molecule has 1 atom stereocenters. The highest BCUT2D eigenvalue weighted by Gasteiger charge is 2.20. The molecule has 30 heavy (non-hydrogen) atoms. The van der Waals surface area contributed by atoms with Gasteiger partial charge in [-0.25, -0.2) is 0 Å². The van der Waals surface area contributed by atoms with Crippen LogP contribution in [-0.4, -0.2) is 30.7 Å². The summed E-state index contributed by atoms with van der Waals surface area (Å²) in [6.07, 6.45) is 1.66. The summed E-state index contributed by atoms with van der Waals surface area (Å²) in [4.78, 5) is 15.8. The number of fused-ring (bicyclic) bond motifs is 1. The maximum atomic E-state index is 11.5. The summed E-state index contributed by atoms with van der Waals surface area (Å²) < 4.78 is 16.9. The van der Waals surface area contributed by atoms with Crippen LogP contribution in [0.2, 0.25) is 30.7 Å². The first-order valence-corrected chi connectivity index (χ1v) is 14.0. The van der Waals surface area contributed by atoms with Crippen LogP contribution >= 0.6 is 11.6 Å². The van der Waals surface area contributed by atoms with Gasteiger partial charge in [0.2, 0.25) is 0 Å². The van der Waals surface area contributed by atoms with Gasteiger partial charge in [0.25, 0.3) is 0 Å². The molecule has 3 rings (SSSR count). The molecular formula is C22H26ClNO5Si. The molecule has 0 bridgehead atoms. The van der Waals surface area contributed by atoms with Crippen molar-refractivity contribution < 1.29 is 23.8 Å². The maximum Gasteiger partial charge on any atom is 0.400 e.